The Morgan fingerprint density at radius 2 is 2.26 bits per heavy atom. The Bertz CT molecular complexity index is 457. The van der Waals surface area contributed by atoms with Crippen LogP contribution in [0.5, 0.6) is 0 Å². The summed E-state index contributed by atoms with van der Waals surface area (Å²) in [4.78, 5) is 14.4. The van der Waals surface area contributed by atoms with Gasteiger partial charge >= 0.3 is 0 Å². The first-order valence-corrected chi connectivity index (χ1v) is 6.89. The lowest BCUT2D eigenvalue weighted by molar-refractivity contribution is 0.0935. The van der Waals surface area contributed by atoms with Gasteiger partial charge in [0.2, 0.25) is 0 Å². The van der Waals surface area contributed by atoms with Crippen LogP contribution in [-0.2, 0) is 6.42 Å². The number of anilines is 1. The van der Waals surface area contributed by atoms with Crippen LogP contribution >= 0.6 is 0 Å². The van der Waals surface area contributed by atoms with Crippen molar-refractivity contribution in [2.24, 2.45) is 0 Å². The molecule has 1 amide bonds. The summed E-state index contributed by atoms with van der Waals surface area (Å²) in [7, 11) is 4.02. The molecule has 0 bridgehead atoms. The predicted molar refractivity (Wildman–Crippen MR) is 78.7 cm³/mol. The fourth-order valence-electron chi connectivity index (χ4n) is 2.59. The second kappa shape index (κ2) is 6.06. The lowest BCUT2D eigenvalue weighted by Gasteiger charge is -2.23. The molecule has 1 unspecified atom stereocenters. The first-order chi connectivity index (χ1) is 9.08. The first-order valence-electron chi connectivity index (χ1n) is 6.89. The fourth-order valence-corrected chi connectivity index (χ4v) is 2.59. The lowest BCUT2D eigenvalue weighted by Crippen LogP contribution is -2.40. The largest absolute Gasteiger partial charge is 0.384 e. The zero-order valence-electron chi connectivity index (χ0n) is 12.0. The maximum absolute atomic E-state index is 12.3. The molecule has 1 aromatic carbocycles. The molecule has 1 aromatic rings. The highest BCUT2D eigenvalue weighted by Crippen LogP contribution is 2.25. The standard InChI is InChI=1S/C15H23N3O/c1-11(10-18(2)3)17-15(19)13-8-4-6-12-7-5-9-16-14(12)13/h4,6,8,11,16H,5,7,9-10H2,1-3H3,(H,17,19). The highest BCUT2D eigenvalue weighted by Gasteiger charge is 2.18. The third-order valence-electron chi connectivity index (χ3n) is 3.34. The predicted octanol–water partition coefficient (Wildman–Crippen LogP) is 1.72. The van der Waals surface area contributed by atoms with E-state index in [1.54, 1.807) is 0 Å². The Hall–Kier alpha value is -1.55. The van der Waals surface area contributed by atoms with E-state index in [0.717, 1.165) is 37.2 Å². The number of benzene rings is 1. The number of carbonyl (C=O) groups is 1. The average molecular weight is 261 g/mol. The van der Waals surface area contributed by atoms with Crippen molar-refractivity contribution in [3.05, 3.63) is 29.3 Å². The van der Waals surface area contributed by atoms with E-state index < -0.39 is 0 Å². The van der Waals surface area contributed by atoms with Crippen LogP contribution in [0.4, 0.5) is 5.69 Å². The minimum atomic E-state index is 0.0144. The van der Waals surface area contributed by atoms with Crippen molar-refractivity contribution in [1.82, 2.24) is 10.2 Å². The first kappa shape index (κ1) is 13.9. The van der Waals surface area contributed by atoms with Crippen LogP contribution in [0.2, 0.25) is 0 Å². The molecular weight excluding hydrogens is 238 g/mol. The number of aryl methyl sites for hydroxylation is 1. The van der Waals surface area contributed by atoms with E-state index in [1.165, 1.54) is 5.56 Å². The third kappa shape index (κ3) is 3.47. The normalized spacial score (nSPS) is 15.6. The van der Waals surface area contributed by atoms with E-state index in [9.17, 15) is 4.79 Å². The number of fused-ring (bicyclic) bond motifs is 1. The maximum atomic E-state index is 12.3. The molecule has 1 heterocycles. The number of carbonyl (C=O) groups excluding carboxylic acids is 1. The van der Waals surface area contributed by atoms with Crippen LogP contribution in [-0.4, -0.2) is 44.0 Å². The summed E-state index contributed by atoms with van der Waals surface area (Å²) in [6.07, 6.45) is 2.19. The van der Waals surface area contributed by atoms with Crippen molar-refractivity contribution in [2.45, 2.75) is 25.8 Å². The van der Waals surface area contributed by atoms with Gasteiger partial charge in [0, 0.05) is 19.1 Å². The van der Waals surface area contributed by atoms with Gasteiger partial charge in [-0.15, -0.1) is 0 Å². The van der Waals surface area contributed by atoms with E-state index in [4.69, 9.17) is 0 Å². The topological polar surface area (TPSA) is 44.4 Å². The number of para-hydroxylation sites is 1. The summed E-state index contributed by atoms with van der Waals surface area (Å²) in [6.45, 7) is 3.82. The summed E-state index contributed by atoms with van der Waals surface area (Å²) in [5.74, 6) is 0.0144. The summed E-state index contributed by atoms with van der Waals surface area (Å²) in [5, 5.41) is 6.41. The van der Waals surface area contributed by atoms with Crippen molar-refractivity contribution in [3.8, 4) is 0 Å². The van der Waals surface area contributed by atoms with Crippen molar-refractivity contribution in [1.29, 1.82) is 0 Å². The monoisotopic (exact) mass is 261 g/mol. The molecule has 19 heavy (non-hydrogen) atoms. The molecule has 0 radical (unpaired) electrons. The highest BCUT2D eigenvalue weighted by molar-refractivity contribution is 6.00. The minimum absolute atomic E-state index is 0.0144. The van der Waals surface area contributed by atoms with Gasteiger partial charge in [0.1, 0.15) is 0 Å². The third-order valence-corrected chi connectivity index (χ3v) is 3.34. The van der Waals surface area contributed by atoms with E-state index in [0.29, 0.717) is 0 Å². The second-order valence-corrected chi connectivity index (χ2v) is 5.51. The molecular formula is C15H23N3O. The smallest absolute Gasteiger partial charge is 0.253 e. The molecule has 4 heteroatoms. The summed E-state index contributed by atoms with van der Waals surface area (Å²) in [5.41, 5.74) is 3.03. The van der Waals surface area contributed by atoms with E-state index >= 15 is 0 Å². The molecule has 0 spiro atoms. The van der Waals surface area contributed by atoms with Gasteiger partial charge in [-0.3, -0.25) is 4.79 Å². The molecule has 1 aliphatic rings. The van der Waals surface area contributed by atoms with E-state index in [-0.39, 0.29) is 11.9 Å². The van der Waals surface area contributed by atoms with Crippen LogP contribution in [0.3, 0.4) is 0 Å². The van der Waals surface area contributed by atoms with Crippen molar-refractivity contribution >= 4 is 11.6 Å². The van der Waals surface area contributed by atoms with Crippen LogP contribution in [0, 0.1) is 0 Å². The summed E-state index contributed by atoms with van der Waals surface area (Å²) in [6, 6.07) is 6.11. The van der Waals surface area contributed by atoms with Gasteiger partial charge < -0.3 is 15.5 Å². The number of nitrogens with one attached hydrogen (secondary N) is 2. The molecule has 1 atom stereocenters. The number of rotatable bonds is 4. The lowest BCUT2D eigenvalue weighted by atomic mass is 9.99. The average Bonchev–Trinajstić information content (AvgIpc) is 2.36. The van der Waals surface area contributed by atoms with Gasteiger partial charge in [-0.25, -0.2) is 0 Å². The number of nitrogens with zero attached hydrogens (tertiary/aromatic N) is 1. The van der Waals surface area contributed by atoms with Crippen molar-refractivity contribution in [2.75, 3.05) is 32.5 Å². The fraction of sp³-hybridized carbons (Fsp3) is 0.533. The summed E-state index contributed by atoms with van der Waals surface area (Å²) < 4.78 is 0. The Labute approximate surface area is 115 Å². The minimum Gasteiger partial charge on any atom is -0.384 e. The zero-order chi connectivity index (χ0) is 13.8. The summed E-state index contributed by atoms with van der Waals surface area (Å²) >= 11 is 0. The molecule has 0 saturated carbocycles. The molecule has 2 N–H and O–H groups in total. The number of hydrogen-bond donors (Lipinski definition) is 2. The van der Waals surface area contributed by atoms with Gasteiger partial charge in [0.05, 0.1) is 11.3 Å². The molecule has 2 rings (SSSR count). The second-order valence-electron chi connectivity index (χ2n) is 5.51. The Morgan fingerprint density at radius 3 is 3.00 bits per heavy atom. The molecule has 104 valence electrons. The molecule has 0 fully saturated rings. The van der Waals surface area contributed by atoms with Crippen LogP contribution in [0.25, 0.3) is 0 Å². The quantitative estimate of drug-likeness (QED) is 0.867. The molecule has 1 aliphatic heterocycles. The van der Waals surface area contributed by atoms with Crippen LogP contribution < -0.4 is 10.6 Å². The van der Waals surface area contributed by atoms with Gasteiger partial charge in [-0.2, -0.15) is 0 Å². The molecule has 4 nitrogen and oxygen atoms in total. The Kier molecular flexibility index (Phi) is 4.43. The SMILES string of the molecule is CC(CN(C)C)NC(=O)c1cccc2c1NCCC2. The number of amides is 1. The van der Waals surface area contributed by atoms with Crippen molar-refractivity contribution in [3.63, 3.8) is 0 Å². The maximum Gasteiger partial charge on any atom is 0.253 e. The zero-order valence-corrected chi connectivity index (χ0v) is 12.0. The number of hydrogen-bond acceptors (Lipinski definition) is 3. The van der Waals surface area contributed by atoms with Gasteiger partial charge in [0.25, 0.3) is 5.91 Å². The van der Waals surface area contributed by atoms with Crippen molar-refractivity contribution < 1.29 is 4.79 Å². The van der Waals surface area contributed by atoms with Gasteiger partial charge in [0.15, 0.2) is 0 Å². The van der Waals surface area contributed by atoms with Crippen LogP contribution in [0.15, 0.2) is 18.2 Å². The molecule has 0 saturated heterocycles. The molecule has 0 aromatic heterocycles. The Balaban J connectivity index is 2.11. The Morgan fingerprint density at radius 1 is 1.47 bits per heavy atom. The number of likely N-dealkylation sites (N-methyl/N-ethyl adjacent to an activating group) is 1. The van der Waals surface area contributed by atoms with Gasteiger partial charge in [-0.05, 0) is 45.5 Å². The van der Waals surface area contributed by atoms with Gasteiger partial charge in [-0.1, -0.05) is 12.1 Å². The van der Waals surface area contributed by atoms with E-state index in [2.05, 4.69) is 21.6 Å². The molecule has 0 aliphatic carbocycles. The highest BCUT2D eigenvalue weighted by atomic mass is 16.1. The van der Waals surface area contributed by atoms with E-state index in [1.807, 2.05) is 33.2 Å². The van der Waals surface area contributed by atoms with Crippen LogP contribution in [0.1, 0.15) is 29.3 Å².